The van der Waals surface area contributed by atoms with E-state index in [-0.39, 0.29) is 13.0 Å². The largest absolute Gasteiger partial charge is 0.456 e. The van der Waals surface area contributed by atoms with Crippen molar-refractivity contribution in [2.45, 2.75) is 11.3 Å². The summed E-state index contributed by atoms with van der Waals surface area (Å²) >= 11 is 7.50. The van der Waals surface area contributed by atoms with Crippen LogP contribution in [0.1, 0.15) is 6.42 Å². The molecule has 0 saturated heterocycles. The van der Waals surface area contributed by atoms with Crippen molar-refractivity contribution in [3.05, 3.63) is 59.6 Å². The highest BCUT2D eigenvalue weighted by Crippen LogP contribution is 2.26. The second kappa shape index (κ2) is 10.5. The molecule has 0 N–H and O–H groups in total. The quantitative estimate of drug-likeness (QED) is 0.389. The molecular weight excluding hydrogens is 372 g/mol. The Labute approximate surface area is 161 Å². The zero-order valence-corrected chi connectivity index (χ0v) is 15.5. The minimum Gasteiger partial charge on any atom is -0.456 e. The number of thioether (sulfide) groups is 1. The second-order valence-corrected chi connectivity index (χ2v) is 6.71. The molecule has 0 saturated carbocycles. The van der Waals surface area contributed by atoms with E-state index in [4.69, 9.17) is 21.6 Å². The number of anilines is 1. The maximum atomic E-state index is 12.3. The maximum Gasteiger partial charge on any atom is 0.307 e. The first-order chi connectivity index (χ1) is 12.6. The van der Waals surface area contributed by atoms with E-state index in [0.29, 0.717) is 16.5 Å². The van der Waals surface area contributed by atoms with E-state index in [1.807, 2.05) is 30.3 Å². The number of benzene rings is 2. The number of carbonyl (C=O) groups excluding carboxylic acids is 2. The van der Waals surface area contributed by atoms with Crippen molar-refractivity contribution in [1.29, 1.82) is 5.26 Å². The zero-order chi connectivity index (χ0) is 18.8. The average molecular weight is 389 g/mol. The minimum absolute atomic E-state index is 0.108. The predicted octanol–water partition coefficient (Wildman–Crippen LogP) is 3.92. The number of amides is 1. The third kappa shape index (κ3) is 6.10. The molecular formula is C19H17ClN2O3S. The predicted molar refractivity (Wildman–Crippen MR) is 102 cm³/mol. The molecule has 0 bridgehead atoms. The number of rotatable bonds is 8. The van der Waals surface area contributed by atoms with Crippen LogP contribution in [-0.2, 0) is 14.3 Å². The summed E-state index contributed by atoms with van der Waals surface area (Å²) in [5.41, 5.74) is 0.587. The number of esters is 1. The van der Waals surface area contributed by atoms with Crippen molar-refractivity contribution >= 4 is 40.9 Å². The van der Waals surface area contributed by atoms with Gasteiger partial charge in [-0.2, -0.15) is 5.26 Å². The average Bonchev–Trinajstić information content (AvgIpc) is 2.66. The molecule has 5 nitrogen and oxygen atoms in total. The number of carbonyl (C=O) groups is 2. The Balaban J connectivity index is 1.79. The van der Waals surface area contributed by atoms with Crippen LogP contribution >= 0.6 is 23.4 Å². The van der Waals surface area contributed by atoms with E-state index >= 15 is 0 Å². The molecule has 2 aromatic rings. The van der Waals surface area contributed by atoms with Gasteiger partial charge in [-0.3, -0.25) is 14.5 Å². The molecule has 1 amide bonds. The molecule has 0 aromatic heterocycles. The van der Waals surface area contributed by atoms with Crippen LogP contribution < -0.4 is 4.90 Å². The van der Waals surface area contributed by atoms with E-state index in [1.54, 1.807) is 30.3 Å². The molecule has 0 heterocycles. The van der Waals surface area contributed by atoms with Gasteiger partial charge in [-0.1, -0.05) is 41.9 Å². The highest BCUT2D eigenvalue weighted by Gasteiger charge is 2.17. The van der Waals surface area contributed by atoms with E-state index in [2.05, 4.69) is 0 Å². The minimum atomic E-state index is -0.470. The molecule has 2 rings (SSSR count). The van der Waals surface area contributed by atoms with Crippen molar-refractivity contribution in [1.82, 2.24) is 0 Å². The molecule has 0 aliphatic rings. The Kier molecular flexibility index (Phi) is 8.00. The van der Waals surface area contributed by atoms with Crippen LogP contribution in [0.25, 0.3) is 0 Å². The number of hydrogen-bond donors (Lipinski definition) is 0. The first-order valence-electron chi connectivity index (χ1n) is 7.87. The fraction of sp³-hybridized carbons (Fsp3) is 0.211. The molecule has 26 heavy (non-hydrogen) atoms. The fourth-order valence-electron chi connectivity index (χ4n) is 2.10. The zero-order valence-electron chi connectivity index (χ0n) is 13.9. The summed E-state index contributed by atoms with van der Waals surface area (Å²) in [5, 5.41) is 9.54. The summed E-state index contributed by atoms with van der Waals surface area (Å²) in [5.74, 6) is -0.412. The van der Waals surface area contributed by atoms with Gasteiger partial charge in [0.05, 0.1) is 17.5 Å². The topological polar surface area (TPSA) is 70.4 Å². The van der Waals surface area contributed by atoms with Crippen LogP contribution in [-0.4, -0.2) is 30.8 Å². The Morgan fingerprint density at radius 2 is 1.81 bits per heavy atom. The number of nitrogens with zero attached hydrogens (tertiary/aromatic N) is 2. The number of halogens is 1. The standard InChI is InChI=1S/C19H17ClN2O3S/c20-16-8-4-5-9-17(16)26-13-10-19(24)25-14-18(23)22(12-11-21)15-6-2-1-3-7-15/h1-9H,10,12-14H2. The molecule has 0 fully saturated rings. The van der Waals surface area contributed by atoms with E-state index < -0.39 is 18.5 Å². The van der Waals surface area contributed by atoms with Crippen LogP contribution in [0.5, 0.6) is 0 Å². The van der Waals surface area contributed by atoms with Crippen LogP contribution in [0.3, 0.4) is 0 Å². The van der Waals surface area contributed by atoms with Gasteiger partial charge in [-0.05, 0) is 24.3 Å². The van der Waals surface area contributed by atoms with Gasteiger partial charge in [0.1, 0.15) is 6.54 Å². The van der Waals surface area contributed by atoms with Gasteiger partial charge in [-0.25, -0.2) is 0 Å². The van der Waals surface area contributed by atoms with Gasteiger partial charge in [0, 0.05) is 16.3 Å². The molecule has 2 aromatic carbocycles. The first-order valence-corrected chi connectivity index (χ1v) is 9.23. The number of ether oxygens (including phenoxy) is 1. The maximum absolute atomic E-state index is 12.3. The highest BCUT2D eigenvalue weighted by atomic mass is 35.5. The lowest BCUT2D eigenvalue weighted by Crippen LogP contribution is -2.35. The molecule has 134 valence electrons. The normalized spacial score (nSPS) is 10.0. The monoisotopic (exact) mass is 388 g/mol. The SMILES string of the molecule is N#CCN(C(=O)COC(=O)CCSc1ccccc1Cl)c1ccccc1. The number of para-hydroxylation sites is 1. The molecule has 0 spiro atoms. The van der Waals surface area contributed by atoms with Crippen molar-refractivity contribution < 1.29 is 14.3 Å². The van der Waals surface area contributed by atoms with E-state index in [1.165, 1.54) is 16.7 Å². The van der Waals surface area contributed by atoms with E-state index in [0.717, 1.165) is 4.90 Å². The third-order valence-electron chi connectivity index (χ3n) is 3.35. The molecule has 0 aliphatic heterocycles. The smallest absolute Gasteiger partial charge is 0.307 e. The molecule has 0 aliphatic carbocycles. The van der Waals surface area contributed by atoms with Gasteiger partial charge >= 0.3 is 5.97 Å². The van der Waals surface area contributed by atoms with Crippen molar-refractivity contribution in [3.63, 3.8) is 0 Å². The van der Waals surface area contributed by atoms with Gasteiger partial charge in [0.25, 0.3) is 5.91 Å². The fourth-order valence-corrected chi connectivity index (χ4v) is 3.27. The first kappa shape index (κ1) is 19.8. The van der Waals surface area contributed by atoms with Crippen molar-refractivity contribution in [3.8, 4) is 6.07 Å². The van der Waals surface area contributed by atoms with Crippen molar-refractivity contribution in [2.75, 3.05) is 23.8 Å². The Morgan fingerprint density at radius 3 is 2.50 bits per heavy atom. The third-order valence-corrected chi connectivity index (χ3v) is 4.87. The number of nitriles is 1. The van der Waals surface area contributed by atoms with Crippen LogP contribution in [0.4, 0.5) is 5.69 Å². The van der Waals surface area contributed by atoms with Gasteiger partial charge in [0.15, 0.2) is 6.61 Å². The van der Waals surface area contributed by atoms with Gasteiger partial charge in [0.2, 0.25) is 0 Å². The summed E-state index contributed by atoms with van der Waals surface area (Å²) in [6, 6.07) is 18.1. The van der Waals surface area contributed by atoms with Crippen LogP contribution in [0.2, 0.25) is 5.02 Å². The Hall–Kier alpha value is -2.49. The van der Waals surface area contributed by atoms with E-state index in [9.17, 15) is 9.59 Å². The second-order valence-electron chi connectivity index (χ2n) is 5.16. The lowest BCUT2D eigenvalue weighted by atomic mass is 10.3. The van der Waals surface area contributed by atoms with Crippen molar-refractivity contribution in [2.24, 2.45) is 0 Å². The lowest BCUT2D eigenvalue weighted by molar-refractivity contribution is -0.147. The summed E-state index contributed by atoms with van der Waals surface area (Å²) in [6.45, 7) is -0.505. The molecule has 0 atom stereocenters. The Morgan fingerprint density at radius 1 is 1.12 bits per heavy atom. The molecule has 0 radical (unpaired) electrons. The summed E-state index contributed by atoms with van der Waals surface area (Å²) < 4.78 is 5.03. The van der Waals surface area contributed by atoms with Crippen LogP contribution in [0, 0.1) is 11.3 Å². The summed E-state index contributed by atoms with van der Waals surface area (Å²) in [6.07, 6.45) is 0.159. The van der Waals surface area contributed by atoms with Crippen LogP contribution in [0.15, 0.2) is 59.5 Å². The summed E-state index contributed by atoms with van der Waals surface area (Å²) in [7, 11) is 0. The summed E-state index contributed by atoms with van der Waals surface area (Å²) in [4.78, 5) is 26.3. The number of hydrogen-bond acceptors (Lipinski definition) is 5. The van der Waals surface area contributed by atoms with Gasteiger partial charge < -0.3 is 4.74 Å². The lowest BCUT2D eigenvalue weighted by Gasteiger charge is -2.19. The molecule has 0 unspecified atom stereocenters. The highest BCUT2D eigenvalue weighted by molar-refractivity contribution is 7.99. The Bertz CT molecular complexity index is 793. The van der Waals surface area contributed by atoms with Gasteiger partial charge in [-0.15, -0.1) is 11.8 Å². The molecule has 7 heteroatoms.